The summed E-state index contributed by atoms with van der Waals surface area (Å²) in [6.45, 7) is 3.90. The monoisotopic (exact) mass is 219 g/mol. The van der Waals surface area contributed by atoms with Gasteiger partial charge in [-0.2, -0.15) is 0 Å². The van der Waals surface area contributed by atoms with E-state index < -0.39 is 6.10 Å². The fraction of sp³-hybridized carbons (Fsp3) is 0.308. The molecular formula is C13H17NO2. The lowest BCUT2D eigenvalue weighted by Gasteiger charge is -2.04. The quantitative estimate of drug-likeness (QED) is 0.754. The molecule has 86 valence electrons. The van der Waals surface area contributed by atoms with Crippen molar-refractivity contribution in [1.29, 1.82) is 0 Å². The van der Waals surface area contributed by atoms with Gasteiger partial charge in [0.25, 0.3) is 0 Å². The first-order valence-electron chi connectivity index (χ1n) is 5.29. The fourth-order valence-corrected chi connectivity index (χ4v) is 1.25. The Morgan fingerprint density at radius 1 is 1.50 bits per heavy atom. The average molecular weight is 219 g/mol. The summed E-state index contributed by atoms with van der Waals surface area (Å²) in [5.41, 5.74) is 2.15. The number of aliphatic hydroxyl groups is 1. The average Bonchev–Trinajstić information content (AvgIpc) is 2.25. The number of hydrogen-bond donors (Lipinski definition) is 2. The smallest absolute Gasteiger partial charge is 0.244 e. The Morgan fingerprint density at radius 3 is 2.81 bits per heavy atom. The highest BCUT2D eigenvalue weighted by Crippen LogP contribution is 2.08. The molecule has 3 nitrogen and oxygen atoms in total. The van der Waals surface area contributed by atoms with Gasteiger partial charge in [0.05, 0.1) is 6.10 Å². The van der Waals surface area contributed by atoms with Crippen molar-refractivity contribution in [3.05, 3.63) is 41.5 Å². The van der Waals surface area contributed by atoms with Gasteiger partial charge in [-0.15, -0.1) is 0 Å². The second-order valence-corrected chi connectivity index (χ2v) is 3.78. The van der Waals surface area contributed by atoms with Crippen LogP contribution < -0.4 is 5.32 Å². The zero-order chi connectivity index (χ0) is 12.0. The van der Waals surface area contributed by atoms with E-state index in [0.717, 1.165) is 11.1 Å². The van der Waals surface area contributed by atoms with E-state index in [0.29, 0.717) is 0 Å². The minimum Gasteiger partial charge on any atom is -0.392 e. The third kappa shape index (κ3) is 4.28. The highest BCUT2D eigenvalue weighted by molar-refractivity contribution is 5.91. The van der Waals surface area contributed by atoms with Crippen LogP contribution in [0.4, 0.5) is 0 Å². The Bertz CT molecular complexity index is 383. The first-order chi connectivity index (χ1) is 7.59. The van der Waals surface area contributed by atoms with E-state index >= 15 is 0 Å². The molecule has 2 N–H and O–H groups in total. The van der Waals surface area contributed by atoms with Crippen LogP contribution in [0, 0.1) is 6.92 Å². The molecule has 0 aromatic heterocycles. The van der Waals surface area contributed by atoms with Crippen LogP contribution in [0.3, 0.4) is 0 Å². The lowest BCUT2D eigenvalue weighted by atomic mass is 10.1. The van der Waals surface area contributed by atoms with E-state index in [1.165, 1.54) is 6.08 Å². The molecule has 0 aliphatic heterocycles. The van der Waals surface area contributed by atoms with Crippen LogP contribution in [-0.4, -0.2) is 23.7 Å². The van der Waals surface area contributed by atoms with Crippen LogP contribution in [0.2, 0.25) is 0 Å². The maximum Gasteiger partial charge on any atom is 0.244 e. The molecule has 3 heteroatoms. The first kappa shape index (κ1) is 12.5. The predicted octanol–water partition coefficient (Wildman–Crippen LogP) is 1.51. The number of carbonyl (C=O) groups excluding carboxylic acids is 1. The van der Waals surface area contributed by atoms with Crippen molar-refractivity contribution in [3.8, 4) is 0 Å². The fourth-order valence-electron chi connectivity index (χ4n) is 1.25. The summed E-state index contributed by atoms with van der Waals surface area (Å²) in [5, 5.41) is 11.6. The number of aryl methyl sites for hydroxylation is 1. The van der Waals surface area contributed by atoms with E-state index in [1.54, 1.807) is 13.0 Å². The molecule has 1 aromatic rings. The van der Waals surface area contributed by atoms with Crippen molar-refractivity contribution in [2.24, 2.45) is 0 Å². The maximum absolute atomic E-state index is 11.3. The molecule has 0 bridgehead atoms. The van der Waals surface area contributed by atoms with Gasteiger partial charge in [-0.25, -0.2) is 0 Å². The number of amides is 1. The third-order valence-corrected chi connectivity index (χ3v) is 2.17. The van der Waals surface area contributed by atoms with Crippen molar-refractivity contribution in [2.75, 3.05) is 6.54 Å². The topological polar surface area (TPSA) is 49.3 Å². The van der Waals surface area contributed by atoms with E-state index in [2.05, 4.69) is 5.32 Å². The number of hydrogen-bond acceptors (Lipinski definition) is 2. The molecule has 0 aliphatic carbocycles. The van der Waals surface area contributed by atoms with Gasteiger partial charge in [-0.05, 0) is 31.1 Å². The number of nitrogens with one attached hydrogen (secondary N) is 1. The molecule has 0 unspecified atom stereocenters. The van der Waals surface area contributed by atoms with Crippen LogP contribution in [0.15, 0.2) is 30.3 Å². The second kappa shape index (κ2) is 6.08. The summed E-state index contributed by atoms with van der Waals surface area (Å²) in [5.74, 6) is -0.191. The molecule has 0 saturated heterocycles. The number of rotatable bonds is 4. The molecule has 1 aromatic carbocycles. The van der Waals surface area contributed by atoms with E-state index in [4.69, 9.17) is 5.11 Å². The lowest BCUT2D eigenvalue weighted by molar-refractivity contribution is -0.116. The molecule has 0 aliphatic rings. The van der Waals surface area contributed by atoms with Crippen LogP contribution >= 0.6 is 0 Å². The molecule has 1 rings (SSSR count). The van der Waals surface area contributed by atoms with Gasteiger partial charge in [0.15, 0.2) is 0 Å². The van der Waals surface area contributed by atoms with Crippen LogP contribution in [-0.2, 0) is 4.79 Å². The van der Waals surface area contributed by atoms with Crippen LogP contribution in [0.5, 0.6) is 0 Å². The maximum atomic E-state index is 11.3. The molecular weight excluding hydrogens is 202 g/mol. The molecule has 0 radical (unpaired) electrons. The largest absolute Gasteiger partial charge is 0.392 e. The van der Waals surface area contributed by atoms with E-state index in [9.17, 15) is 4.79 Å². The number of carbonyl (C=O) groups is 1. The van der Waals surface area contributed by atoms with E-state index in [-0.39, 0.29) is 12.5 Å². The second-order valence-electron chi connectivity index (χ2n) is 3.78. The summed E-state index contributed by atoms with van der Waals surface area (Å²) in [4.78, 5) is 11.3. The van der Waals surface area contributed by atoms with Gasteiger partial charge in [-0.3, -0.25) is 4.79 Å². The third-order valence-electron chi connectivity index (χ3n) is 2.17. The lowest BCUT2D eigenvalue weighted by Crippen LogP contribution is -2.28. The molecule has 0 saturated carbocycles. The SMILES string of the molecule is Cc1ccccc1/C=C/C(=O)NC[C@H](C)O. The minimum atomic E-state index is -0.518. The zero-order valence-electron chi connectivity index (χ0n) is 9.60. The van der Waals surface area contributed by atoms with Crippen molar-refractivity contribution >= 4 is 12.0 Å². The van der Waals surface area contributed by atoms with E-state index in [1.807, 2.05) is 31.2 Å². The van der Waals surface area contributed by atoms with Gasteiger partial charge in [-0.1, -0.05) is 24.3 Å². The molecule has 0 fully saturated rings. The standard InChI is InChI=1S/C13H17NO2/c1-10-5-3-4-6-12(10)7-8-13(16)14-9-11(2)15/h3-8,11,15H,9H2,1-2H3,(H,14,16)/b8-7+/t11-/m0/s1. The van der Waals surface area contributed by atoms with Crippen molar-refractivity contribution in [2.45, 2.75) is 20.0 Å². The Kier molecular flexibility index (Phi) is 4.73. The van der Waals surface area contributed by atoms with Gasteiger partial charge in [0.1, 0.15) is 0 Å². The molecule has 16 heavy (non-hydrogen) atoms. The number of benzene rings is 1. The highest BCUT2D eigenvalue weighted by Gasteiger charge is 1.98. The predicted molar refractivity (Wildman–Crippen MR) is 64.9 cm³/mol. The van der Waals surface area contributed by atoms with Crippen LogP contribution in [0.25, 0.3) is 6.08 Å². The summed E-state index contributed by atoms with van der Waals surface area (Å²) in [7, 11) is 0. The normalized spacial score (nSPS) is 12.7. The van der Waals surface area contributed by atoms with Gasteiger partial charge in [0.2, 0.25) is 5.91 Å². The van der Waals surface area contributed by atoms with Crippen molar-refractivity contribution in [3.63, 3.8) is 0 Å². The van der Waals surface area contributed by atoms with Crippen LogP contribution in [0.1, 0.15) is 18.1 Å². The Labute approximate surface area is 95.8 Å². The van der Waals surface area contributed by atoms with Gasteiger partial charge >= 0.3 is 0 Å². The zero-order valence-corrected chi connectivity index (χ0v) is 9.60. The Morgan fingerprint density at radius 2 is 2.19 bits per heavy atom. The summed E-state index contributed by atoms with van der Waals surface area (Å²) >= 11 is 0. The Hall–Kier alpha value is -1.61. The molecule has 1 amide bonds. The van der Waals surface area contributed by atoms with Crippen molar-refractivity contribution < 1.29 is 9.90 Å². The highest BCUT2D eigenvalue weighted by atomic mass is 16.3. The summed E-state index contributed by atoms with van der Waals surface area (Å²) in [6, 6.07) is 7.84. The molecule has 0 heterocycles. The molecule has 1 atom stereocenters. The first-order valence-corrected chi connectivity index (χ1v) is 5.29. The van der Waals surface area contributed by atoms with Gasteiger partial charge < -0.3 is 10.4 Å². The Balaban J connectivity index is 2.54. The number of aliphatic hydroxyl groups excluding tert-OH is 1. The summed E-state index contributed by atoms with van der Waals surface area (Å²) < 4.78 is 0. The van der Waals surface area contributed by atoms with Crippen molar-refractivity contribution in [1.82, 2.24) is 5.32 Å². The summed E-state index contributed by atoms with van der Waals surface area (Å²) in [6.07, 6.45) is 2.73. The van der Waals surface area contributed by atoms with Gasteiger partial charge in [0, 0.05) is 12.6 Å². The minimum absolute atomic E-state index is 0.191. The molecule has 0 spiro atoms.